The van der Waals surface area contributed by atoms with Gasteiger partial charge in [-0.05, 0) is 43.9 Å². The van der Waals surface area contributed by atoms with Crippen molar-refractivity contribution in [3.63, 3.8) is 0 Å². The fraction of sp³-hybridized carbons (Fsp3) is 0.583. The molecule has 1 fully saturated rings. The van der Waals surface area contributed by atoms with Crippen molar-refractivity contribution in [2.45, 2.75) is 25.2 Å². The topological polar surface area (TPSA) is 28.2 Å². The third-order valence-corrected chi connectivity index (χ3v) is 3.20. The lowest BCUT2D eigenvalue weighted by Gasteiger charge is -2.18. The molecule has 1 atom stereocenters. The molecule has 0 aromatic carbocycles. The fourth-order valence-corrected chi connectivity index (χ4v) is 2.27. The molecule has 0 amide bonds. The summed E-state index contributed by atoms with van der Waals surface area (Å²) in [4.78, 5) is 4.20. The Morgan fingerprint density at radius 2 is 2.33 bits per heavy atom. The normalized spacial score (nSPS) is 23.7. The molecular weight excluding hydrogens is 186 g/mol. The number of hydrogen-bond donors (Lipinski definition) is 1. The summed E-state index contributed by atoms with van der Waals surface area (Å²) < 4.78 is 0. The minimum absolute atomic E-state index is 0.692. The van der Waals surface area contributed by atoms with Crippen molar-refractivity contribution >= 4 is 0 Å². The second kappa shape index (κ2) is 5.24. The minimum Gasteiger partial charge on any atom is -0.264 e. The Labute approximate surface area is 91.5 Å². The van der Waals surface area contributed by atoms with Crippen molar-refractivity contribution in [2.24, 2.45) is 0 Å². The number of nitrogens with one attached hydrogen (secondary N) is 1. The lowest BCUT2D eigenvalue weighted by Crippen LogP contribution is -2.35. The highest BCUT2D eigenvalue weighted by Gasteiger charge is 2.17. The van der Waals surface area contributed by atoms with Crippen LogP contribution in [0, 0.1) is 0 Å². The molecule has 1 aromatic heterocycles. The molecule has 0 aliphatic carbocycles. The highest BCUT2D eigenvalue weighted by molar-refractivity contribution is 5.14. The molecule has 1 aromatic rings. The second-order valence-corrected chi connectivity index (χ2v) is 4.12. The maximum absolute atomic E-state index is 4.20. The highest BCUT2D eigenvalue weighted by atomic mass is 15.5. The standard InChI is InChI=1S/C12H19N3/c1-13-15-8-3-5-11(6-9-15)12-4-2-7-14-10-12/h2,4,7,10-11,13H,3,5-6,8-9H2,1H3/t11-/m0/s1. The van der Waals surface area contributed by atoms with E-state index in [9.17, 15) is 0 Å². The summed E-state index contributed by atoms with van der Waals surface area (Å²) in [5.41, 5.74) is 4.63. The van der Waals surface area contributed by atoms with Crippen molar-refractivity contribution in [1.82, 2.24) is 15.4 Å². The van der Waals surface area contributed by atoms with Crippen LogP contribution in [0.25, 0.3) is 0 Å². The Morgan fingerprint density at radius 1 is 1.40 bits per heavy atom. The van der Waals surface area contributed by atoms with Gasteiger partial charge in [0.15, 0.2) is 0 Å². The Bertz CT molecular complexity index is 286. The third kappa shape index (κ3) is 2.76. The van der Waals surface area contributed by atoms with E-state index < -0.39 is 0 Å². The number of nitrogens with zero attached hydrogens (tertiary/aromatic N) is 2. The molecule has 1 N–H and O–H groups in total. The molecule has 0 saturated carbocycles. The van der Waals surface area contributed by atoms with Gasteiger partial charge in [-0.15, -0.1) is 0 Å². The molecule has 3 heteroatoms. The van der Waals surface area contributed by atoms with Gasteiger partial charge in [-0.25, -0.2) is 5.01 Å². The minimum atomic E-state index is 0.692. The first-order valence-electron chi connectivity index (χ1n) is 5.72. The monoisotopic (exact) mass is 205 g/mol. The molecule has 82 valence electrons. The summed E-state index contributed by atoms with van der Waals surface area (Å²) >= 11 is 0. The van der Waals surface area contributed by atoms with Gasteiger partial charge in [0.25, 0.3) is 0 Å². The molecule has 0 radical (unpaired) electrons. The van der Waals surface area contributed by atoms with Crippen LogP contribution < -0.4 is 5.43 Å². The average Bonchev–Trinajstić information content (AvgIpc) is 2.55. The zero-order valence-electron chi connectivity index (χ0n) is 9.32. The van der Waals surface area contributed by atoms with Gasteiger partial charge >= 0.3 is 0 Å². The van der Waals surface area contributed by atoms with Crippen molar-refractivity contribution < 1.29 is 0 Å². The van der Waals surface area contributed by atoms with Gasteiger partial charge in [-0.2, -0.15) is 0 Å². The van der Waals surface area contributed by atoms with Crippen LogP contribution in [-0.2, 0) is 0 Å². The van der Waals surface area contributed by atoms with E-state index in [4.69, 9.17) is 0 Å². The van der Waals surface area contributed by atoms with Crippen LogP contribution in [0.1, 0.15) is 30.7 Å². The van der Waals surface area contributed by atoms with Crippen LogP contribution in [-0.4, -0.2) is 30.1 Å². The first-order chi connectivity index (χ1) is 7.40. The van der Waals surface area contributed by atoms with Crippen molar-refractivity contribution in [3.05, 3.63) is 30.1 Å². The van der Waals surface area contributed by atoms with Gasteiger partial charge in [-0.3, -0.25) is 10.4 Å². The van der Waals surface area contributed by atoms with Crippen molar-refractivity contribution in [2.75, 3.05) is 20.1 Å². The smallest absolute Gasteiger partial charge is 0.0302 e. The van der Waals surface area contributed by atoms with E-state index in [1.54, 1.807) is 0 Å². The SMILES string of the molecule is CNN1CCC[C@H](c2cccnc2)CC1. The molecule has 3 nitrogen and oxygen atoms in total. The van der Waals surface area contributed by atoms with E-state index in [0.717, 1.165) is 13.1 Å². The van der Waals surface area contributed by atoms with Gasteiger partial charge in [0, 0.05) is 25.5 Å². The zero-order chi connectivity index (χ0) is 10.5. The van der Waals surface area contributed by atoms with Gasteiger partial charge in [-0.1, -0.05) is 6.07 Å². The molecule has 2 heterocycles. The summed E-state index contributed by atoms with van der Waals surface area (Å²) in [6, 6.07) is 4.24. The summed E-state index contributed by atoms with van der Waals surface area (Å²) in [5.74, 6) is 0.692. The largest absolute Gasteiger partial charge is 0.264 e. The van der Waals surface area contributed by atoms with E-state index in [-0.39, 0.29) is 0 Å². The second-order valence-electron chi connectivity index (χ2n) is 4.12. The molecule has 1 aliphatic heterocycles. The first-order valence-corrected chi connectivity index (χ1v) is 5.72. The Hall–Kier alpha value is -0.930. The van der Waals surface area contributed by atoms with Gasteiger partial charge in [0.1, 0.15) is 0 Å². The quantitative estimate of drug-likeness (QED) is 0.797. The van der Waals surface area contributed by atoms with Crippen LogP contribution in [0.15, 0.2) is 24.5 Å². The molecule has 0 unspecified atom stereocenters. The number of hydrazine groups is 1. The molecule has 15 heavy (non-hydrogen) atoms. The van der Waals surface area contributed by atoms with Gasteiger partial charge in [0.2, 0.25) is 0 Å². The van der Waals surface area contributed by atoms with E-state index in [0.29, 0.717) is 5.92 Å². The fourth-order valence-electron chi connectivity index (χ4n) is 2.27. The molecule has 2 rings (SSSR count). The maximum Gasteiger partial charge on any atom is 0.0302 e. The Balaban J connectivity index is 2.00. The Kier molecular flexibility index (Phi) is 3.69. The number of aromatic nitrogens is 1. The summed E-state index contributed by atoms with van der Waals surface area (Å²) in [6.07, 6.45) is 7.64. The predicted octanol–water partition coefficient (Wildman–Crippen LogP) is 1.79. The lowest BCUT2D eigenvalue weighted by molar-refractivity contribution is 0.216. The lowest BCUT2D eigenvalue weighted by atomic mass is 9.93. The van der Waals surface area contributed by atoms with E-state index in [2.05, 4.69) is 21.5 Å². The van der Waals surface area contributed by atoms with Crippen molar-refractivity contribution in [1.29, 1.82) is 0 Å². The predicted molar refractivity (Wildman–Crippen MR) is 61.5 cm³/mol. The summed E-state index contributed by atoms with van der Waals surface area (Å²) in [7, 11) is 2.00. The molecular formula is C12H19N3. The van der Waals surface area contributed by atoms with Crippen molar-refractivity contribution in [3.8, 4) is 0 Å². The summed E-state index contributed by atoms with van der Waals surface area (Å²) in [6.45, 7) is 2.29. The third-order valence-electron chi connectivity index (χ3n) is 3.20. The zero-order valence-corrected chi connectivity index (χ0v) is 9.32. The first kappa shape index (κ1) is 10.6. The van der Waals surface area contributed by atoms with Crippen LogP contribution >= 0.6 is 0 Å². The van der Waals surface area contributed by atoms with Crippen LogP contribution in [0.5, 0.6) is 0 Å². The molecule has 0 spiro atoms. The van der Waals surface area contributed by atoms with Crippen LogP contribution in [0.3, 0.4) is 0 Å². The van der Waals surface area contributed by atoms with E-state index in [1.807, 2.05) is 25.5 Å². The number of rotatable bonds is 2. The van der Waals surface area contributed by atoms with Gasteiger partial charge in [0.05, 0.1) is 0 Å². The van der Waals surface area contributed by atoms with Gasteiger partial charge < -0.3 is 0 Å². The van der Waals surface area contributed by atoms with E-state index >= 15 is 0 Å². The number of hydrogen-bond acceptors (Lipinski definition) is 3. The molecule has 1 aliphatic rings. The van der Waals surface area contributed by atoms with E-state index in [1.165, 1.54) is 24.8 Å². The van der Waals surface area contributed by atoms with Crippen LogP contribution in [0.2, 0.25) is 0 Å². The molecule has 0 bridgehead atoms. The van der Waals surface area contributed by atoms with Crippen LogP contribution in [0.4, 0.5) is 0 Å². The maximum atomic E-state index is 4.20. The summed E-state index contributed by atoms with van der Waals surface area (Å²) in [5, 5.41) is 2.30. The number of pyridine rings is 1. The highest BCUT2D eigenvalue weighted by Crippen LogP contribution is 2.26. The molecule has 1 saturated heterocycles. The Morgan fingerprint density at radius 3 is 3.07 bits per heavy atom. The average molecular weight is 205 g/mol.